The molecule has 2 N–H and O–H groups in total. The molecule has 8 nitrogen and oxygen atoms in total. The van der Waals surface area contributed by atoms with E-state index >= 15 is 0 Å². The number of ether oxygens (including phenoxy) is 1. The number of aliphatic hydroxyl groups is 1. The summed E-state index contributed by atoms with van der Waals surface area (Å²) < 4.78 is 7.71. The molecule has 3 heterocycles. The highest BCUT2D eigenvalue weighted by molar-refractivity contribution is 7.18. The first-order chi connectivity index (χ1) is 17.9. The highest BCUT2D eigenvalue weighted by Crippen LogP contribution is 2.28. The van der Waals surface area contributed by atoms with Crippen LogP contribution in [0.15, 0.2) is 53.5 Å². The van der Waals surface area contributed by atoms with E-state index in [1.807, 2.05) is 37.3 Å². The Balaban J connectivity index is 1.40. The number of thiophene rings is 1. The van der Waals surface area contributed by atoms with Crippen LogP contribution in [0.1, 0.15) is 40.1 Å². The molecule has 1 aliphatic rings. The molecule has 1 fully saturated rings. The summed E-state index contributed by atoms with van der Waals surface area (Å²) in [5.41, 5.74) is 2.94. The SMILES string of the molecule is Cc1cc(N2C[C@H](CCC(=O)c3ccc(Cl)s3)OC2=O)ccc1-n1cccc(CCCNCCO)c1=O. The van der Waals surface area contributed by atoms with Gasteiger partial charge < -0.3 is 15.2 Å². The Hall–Kier alpha value is -2.98. The van der Waals surface area contributed by atoms with Crippen LogP contribution < -0.4 is 15.8 Å². The number of cyclic esters (lactones) is 1. The van der Waals surface area contributed by atoms with E-state index in [1.54, 1.807) is 27.8 Å². The third-order valence-corrected chi connectivity index (χ3v) is 7.55. The van der Waals surface area contributed by atoms with Gasteiger partial charge in [-0.25, -0.2) is 4.79 Å². The van der Waals surface area contributed by atoms with Gasteiger partial charge in [-0.1, -0.05) is 17.7 Å². The molecule has 0 bridgehead atoms. The number of carbonyl (C=O) groups is 2. The number of benzene rings is 1. The lowest BCUT2D eigenvalue weighted by molar-refractivity contribution is 0.0943. The van der Waals surface area contributed by atoms with Crippen molar-refractivity contribution < 1.29 is 19.4 Å². The minimum absolute atomic E-state index is 0.0132. The first kappa shape index (κ1) is 27.1. The fraction of sp³-hybridized carbons (Fsp3) is 0.370. The number of anilines is 1. The molecule has 0 aliphatic carbocycles. The van der Waals surface area contributed by atoms with Crippen LogP contribution in [0, 0.1) is 6.92 Å². The molecule has 1 amide bonds. The van der Waals surface area contributed by atoms with Gasteiger partial charge in [0.05, 0.1) is 28.1 Å². The van der Waals surface area contributed by atoms with Crippen LogP contribution in [0.5, 0.6) is 0 Å². The Kier molecular flexibility index (Phi) is 9.15. The van der Waals surface area contributed by atoms with Crippen molar-refractivity contribution in [2.45, 2.75) is 38.7 Å². The van der Waals surface area contributed by atoms with Gasteiger partial charge in [0.25, 0.3) is 5.56 Å². The molecule has 2 aromatic heterocycles. The molecular formula is C27H30ClN3O5S. The first-order valence-electron chi connectivity index (χ1n) is 12.3. The summed E-state index contributed by atoms with van der Waals surface area (Å²) in [5.74, 6) is -0.0132. The number of amides is 1. The molecular weight excluding hydrogens is 514 g/mol. The van der Waals surface area contributed by atoms with Gasteiger partial charge in [0.1, 0.15) is 6.10 Å². The predicted molar refractivity (Wildman–Crippen MR) is 146 cm³/mol. The number of aromatic nitrogens is 1. The van der Waals surface area contributed by atoms with Crippen LogP contribution in [0.25, 0.3) is 5.69 Å². The minimum Gasteiger partial charge on any atom is -0.444 e. The van der Waals surface area contributed by atoms with Gasteiger partial charge in [-0.05, 0) is 74.7 Å². The van der Waals surface area contributed by atoms with E-state index in [2.05, 4.69) is 5.32 Å². The quantitative estimate of drug-likeness (QED) is 0.260. The average Bonchev–Trinajstić information content (AvgIpc) is 3.49. The average molecular weight is 544 g/mol. The summed E-state index contributed by atoms with van der Waals surface area (Å²) >= 11 is 7.16. The van der Waals surface area contributed by atoms with Crippen molar-refractivity contribution in [3.63, 3.8) is 0 Å². The van der Waals surface area contributed by atoms with Gasteiger partial charge >= 0.3 is 6.09 Å². The molecule has 196 valence electrons. The highest BCUT2D eigenvalue weighted by Gasteiger charge is 2.33. The zero-order valence-electron chi connectivity index (χ0n) is 20.6. The van der Waals surface area contributed by atoms with Crippen molar-refractivity contribution in [1.29, 1.82) is 0 Å². The number of rotatable bonds is 12. The number of ketones is 1. The van der Waals surface area contributed by atoms with E-state index in [0.29, 0.717) is 40.8 Å². The Bertz CT molecular complexity index is 1320. The van der Waals surface area contributed by atoms with Crippen LogP contribution in [0.3, 0.4) is 0 Å². The highest BCUT2D eigenvalue weighted by atomic mass is 35.5. The fourth-order valence-corrected chi connectivity index (χ4v) is 5.38. The standard InChI is InChI=1S/C27H30ClN3O5S/c1-18-16-20(31-17-21(36-27(31)35)7-9-23(33)24-10-11-25(28)37-24)6-8-22(18)30-14-3-5-19(26(30)34)4-2-12-29-13-15-32/h3,5-6,8,10-11,14,16,21,29,32H,2,4,7,9,12-13,15,17H2,1H3/t21-/m0/s1. The fourth-order valence-electron chi connectivity index (χ4n) is 4.37. The third-order valence-electron chi connectivity index (χ3n) is 6.28. The van der Waals surface area contributed by atoms with Crippen LogP contribution in [-0.2, 0) is 11.2 Å². The molecule has 1 aromatic carbocycles. The zero-order valence-corrected chi connectivity index (χ0v) is 22.2. The second-order valence-electron chi connectivity index (χ2n) is 8.94. The summed E-state index contributed by atoms with van der Waals surface area (Å²) in [7, 11) is 0. The molecule has 0 radical (unpaired) electrons. The molecule has 0 unspecified atom stereocenters. The lowest BCUT2D eigenvalue weighted by atomic mass is 10.1. The number of hydrogen-bond donors (Lipinski definition) is 2. The molecule has 3 aromatic rings. The number of nitrogens with zero attached hydrogens (tertiary/aromatic N) is 2. The number of aliphatic hydroxyl groups excluding tert-OH is 1. The molecule has 0 spiro atoms. The molecule has 1 saturated heterocycles. The Morgan fingerprint density at radius 3 is 2.78 bits per heavy atom. The predicted octanol–water partition coefficient (Wildman–Crippen LogP) is 4.36. The number of carbonyl (C=O) groups excluding carboxylic acids is 2. The van der Waals surface area contributed by atoms with Crippen molar-refractivity contribution in [2.24, 2.45) is 0 Å². The lowest BCUT2D eigenvalue weighted by Crippen LogP contribution is -2.26. The Labute approximate surface area is 224 Å². The number of Topliss-reactive ketones (excluding diaryl/α,β-unsaturated/α-hetero) is 1. The monoisotopic (exact) mass is 543 g/mol. The summed E-state index contributed by atoms with van der Waals surface area (Å²) in [6.45, 7) is 3.62. The summed E-state index contributed by atoms with van der Waals surface area (Å²) in [4.78, 5) is 40.2. The molecule has 10 heteroatoms. The van der Waals surface area contributed by atoms with Crippen LogP contribution in [0.2, 0.25) is 4.34 Å². The number of hydrogen-bond acceptors (Lipinski definition) is 7. The Morgan fingerprint density at radius 2 is 2.05 bits per heavy atom. The maximum atomic E-state index is 13.1. The number of nitrogens with one attached hydrogen (secondary N) is 1. The molecule has 37 heavy (non-hydrogen) atoms. The van der Waals surface area contributed by atoms with E-state index in [4.69, 9.17) is 21.4 Å². The minimum atomic E-state index is -0.447. The smallest absolute Gasteiger partial charge is 0.414 e. The summed E-state index contributed by atoms with van der Waals surface area (Å²) in [6.07, 6.45) is 3.06. The summed E-state index contributed by atoms with van der Waals surface area (Å²) in [5, 5.41) is 12.0. The Morgan fingerprint density at radius 1 is 1.22 bits per heavy atom. The van der Waals surface area contributed by atoms with Gasteiger partial charge in [0.15, 0.2) is 5.78 Å². The number of halogens is 1. The van der Waals surface area contributed by atoms with Crippen molar-refractivity contribution in [3.8, 4) is 5.69 Å². The van der Waals surface area contributed by atoms with Crippen LogP contribution in [-0.4, -0.2) is 53.9 Å². The molecule has 0 saturated carbocycles. The topological polar surface area (TPSA) is 101 Å². The lowest BCUT2D eigenvalue weighted by Gasteiger charge is -2.17. The zero-order chi connectivity index (χ0) is 26.4. The second kappa shape index (κ2) is 12.5. The van der Waals surface area contributed by atoms with Gasteiger partial charge in [0, 0.05) is 30.4 Å². The normalized spacial score (nSPS) is 15.3. The molecule has 4 rings (SSSR count). The van der Waals surface area contributed by atoms with E-state index in [9.17, 15) is 14.4 Å². The van der Waals surface area contributed by atoms with Crippen molar-refractivity contribution in [3.05, 3.63) is 79.4 Å². The van der Waals surface area contributed by atoms with Crippen LogP contribution in [0.4, 0.5) is 10.5 Å². The summed E-state index contributed by atoms with van der Waals surface area (Å²) in [6, 6.07) is 12.6. The van der Waals surface area contributed by atoms with E-state index in [0.717, 1.165) is 29.8 Å². The van der Waals surface area contributed by atoms with Crippen LogP contribution >= 0.6 is 22.9 Å². The van der Waals surface area contributed by atoms with E-state index in [1.165, 1.54) is 11.3 Å². The third kappa shape index (κ3) is 6.67. The molecule has 1 aliphatic heterocycles. The first-order valence-corrected chi connectivity index (χ1v) is 13.5. The van der Waals surface area contributed by atoms with Crippen molar-refractivity contribution in [1.82, 2.24) is 9.88 Å². The molecule has 1 atom stereocenters. The van der Waals surface area contributed by atoms with Gasteiger partial charge in [-0.15, -0.1) is 11.3 Å². The van der Waals surface area contributed by atoms with Gasteiger partial charge in [-0.3, -0.25) is 19.1 Å². The second-order valence-corrected chi connectivity index (χ2v) is 10.7. The van der Waals surface area contributed by atoms with Crippen molar-refractivity contribution >= 4 is 40.5 Å². The van der Waals surface area contributed by atoms with Gasteiger partial charge in [-0.2, -0.15) is 0 Å². The largest absolute Gasteiger partial charge is 0.444 e. The number of aryl methyl sites for hydroxylation is 2. The van der Waals surface area contributed by atoms with Crippen molar-refractivity contribution in [2.75, 3.05) is 31.1 Å². The van der Waals surface area contributed by atoms with E-state index in [-0.39, 0.29) is 30.5 Å². The number of pyridine rings is 1. The van der Waals surface area contributed by atoms with E-state index < -0.39 is 6.09 Å². The van der Waals surface area contributed by atoms with Gasteiger partial charge in [0.2, 0.25) is 0 Å². The maximum absolute atomic E-state index is 13.1. The maximum Gasteiger partial charge on any atom is 0.414 e.